The molecule has 1 atom stereocenters. The van der Waals surface area contributed by atoms with Crippen molar-refractivity contribution in [1.82, 2.24) is 0 Å². The third-order valence-electron chi connectivity index (χ3n) is 5.43. The van der Waals surface area contributed by atoms with Crippen LogP contribution in [0.15, 0.2) is 89.5 Å². The van der Waals surface area contributed by atoms with Crippen LogP contribution in [0.2, 0.25) is 0 Å². The summed E-state index contributed by atoms with van der Waals surface area (Å²) < 4.78 is 0. The highest BCUT2D eigenvalue weighted by Gasteiger charge is 2.40. The van der Waals surface area contributed by atoms with Gasteiger partial charge in [0.05, 0.1) is 5.25 Å². The van der Waals surface area contributed by atoms with E-state index in [1.54, 1.807) is 12.1 Å². The van der Waals surface area contributed by atoms with Crippen LogP contribution in [-0.4, -0.2) is 17.1 Å². The summed E-state index contributed by atoms with van der Waals surface area (Å²) >= 11 is 1.27. The molecule has 3 aromatic rings. The molecule has 164 valence electrons. The summed E-state index contributed by atoms with van der Waals surface area (Å²) in [4.78, 5) is 28.2. The number of amides is 2. The number of benzene rings is 3. The maximum absolute atomic E-state index is 13.5. The van der Waals surface area contributed by atoms with Gasteiger partial charge in [0.1, 0.15) is 16.7 Å². The first-order valence-corrected chi connectivity index (χ1v) is 11.5. The van der Waals surface area contributed by atoms with E-state index in [-0.39, 0.29) is 11.5 Å². The highest BCUT2D eigenvalue weighted by molar-refractivity contribution is 8.05. The first kappa shape index (κ1) is 22.4. The molecule has 33 heavy (non-hydrogen) atoms. The fraction of sp³-hybridized carbons (Fsp3) is 0.148. The standard InChI is InChI=1S/C27H23N3O2S/c1-18-13-14-19(2)23(15-18)29-25(31)22(17-28)27-30(21-11-7-4-8-12-21)26(32)24(33-27)16-20-9-5-3-6-10-20/h3-15,24H,16H2,1-2H3,(H,29,31)/b27-22+/t24-/m0/s1. The summed E-state index contributed by atoms with van der Waals surface area (Å²) in [5, 5.41) is 12.8. The van der Waals surface area contributed by atoms with Crippen LogP contribution in [0, 0.1) is 25.2 Å². The van der Waals surface area contributed by atoms with Crippen LogP contribution in [0.25, 0.3) is 0 Å². The zero-order valence-electron chi connectivity index (χ0n) is 18.4. The molecule has 0 radical (unpaired) electrons. The number of hydrogen-bond acceptors (Lipinski definition) is 4. The van der Waals surface area contributed by atoms with Gasteiger partial charge in [-0.15, -0.1) is 0 Å². The van der Waals surface area contributed by atoms with Gasteiger partial charge in [0.2, 0.25) is 5.91 Å². The summed E-state index contributed by atoms with van der Waals surface area (Å²) in [6.07, 6.45) is 0.508. The topological polar surface area (TPSA) is 73.2 Å². The van der Waals surface area contributed by atoms with Crippen LogP contribution < -0.4 is 10.2 Å². The molecule has 2 amide bonds. The highest BCUT2D eigenvalue weighted by Crippen LogP contribution is 2.42. The summed E-state index contributed by atoms with van der Waals surface area (Å²) in [7, 11) is 0. The van der Waals surface area contributed by atoms with Crippen LogP contribution in [0.3, 0.4) is 0 Å². The Kier molecular flexibility index (Phi) is 6.62. The van der Waals surface area contributed by atoms with Gasteiger partial charge < -0.3 is 5.32 Å². The normalized spacial score (nSPS) is 16.9. The Morgan fingerprint density at radius 3 is 2.36 bits per heavy atom. The molecule has 0 aromatic heterocycles. The third-order valence-corrected chi connectivity index (χ3v) is 6.69. The number of nitriles is 1. The molecule has 1 N–H and O–H groups in total. The van der Waals surface area contributed by atoms with Crippen molar-refractivity contribution in [2.45, 2.75) is 25.5 Å². The predicted molar refractivity (Wildman–Crippen MR) is 133 cm³/mol. The van der Waals surface area contributed by atoms with Gasteiger partial charge in [0.15, 0.2) is 0 Å². The number of para-hydroxylation sites is 1. The van der Waals surface area contributed by atoms with Crippen molar-refractivity contribution < 1.29 is 9.59 Å². The molecular formula is C27H23N3O2S. The van der Waals surface area contributed by atoms with Gasteiger partial charge in [-0.1, -0.05) is 72.4 Å². The quantitative estimate of drug-likeness (QED) is 0.416. The Morgan fingerprint density at radius 1 is 1.03 bits per heavy atom. The number of carbonyl (C=O) groups excluding carboxylic acids is 2. The molecule has 1 fully saturated rings. The molecule has 1 heterocycles. The van der Waals surface area contributed by atoms with E-state index in [0.29, 0.717) is 22.8 Å². The second-order valence-corrected chi connectivity index (χ2v) is 9.06. The average molecular weight is 454 g/mol. The fourth-order valence-electron chi connectivity index (χ4n) is 3.68. The van der Waals surface area contributed by atoms with Gasteiger partial charge >= 0.3 is 0 Å². The number of carbonyl (C=O) groups is 2. The predicted octanol–water partition coefficient (Wildman–Crippen LogP) is 5.37. The molecule has 0 spiro atoms. The van der Waals surface area contributed by atoms with Crippen molar-refractivity contribution in [3.8, 4) is 6.07 Å². The second-order valence-electron chi connectivity index (χ2n) is 7.87. The van der Waals surface area contributed by atoms with E-state index >= 15 is 0 Å². The lowest BCUT2D eigenvalue weighted by molar-refractivity contribution is -0.117. The van der Waals surface area contributed by atoms with Crippen LogP contribution in [0.1, 0.15) is 16.7 Å². The number of hydrogen-bond donors (Lipinski definition) is 1. The third kappa shape index (κ3) is 4.84. The average Bonchev–Trinajstić information content (AvgIpc) is 3.13. The maximum Gasteiger partial charge on any atom is 0.269 e. The molecule has 0 unspecified atom stereocenters. The van der Waals surface area contributed by atoms with Crippen molar-refractivity contribution in [1.29, 1.82) is 5.26 Å². The zero-order chi connectivity index (χ0) is 23.4. The molecule has 0 saturated carbocycles. The zero-order valence-corrected chi connectivity index (χ0v) is 19.2. The van der Waals surface area contributed by atoms with Gasteiger partial charge in [-0.05, 0) is 55.2 Å². The van der Waals surface area contributed by atoms with Crippen LogP contribution in [0.5, 0.6) is 0 Å². The number of anilines is 2. The van der Waals surface area contributed by atoms with Crippen LogP contribution in [-0.2, 0) is 16.0 Å². The van der Waals surface area contributed by atoms with E-state index in [4.69, 9.17) is 0 Å². The van der Waals surface area contributed by atoms with E-state index in [1.807, 2.05) is 80.6 Å². The smallest absolute Gasteiger partial charge is 0.269 e. The Labute approximate surface area is 197 Å². The minimum atomic E-state index is -0.525. The fourth-order valence-corrected chi connectivity index (χ4v) is 4.99. The Hall–Kier alpha value is -3.82. The summed E-state index contributed by atoms with van der Waals surface area (Å²) in [5.74, 6) is -0.667. The van der Waals surface area contributed by atoms with E-state index in [1.165, 1.54) is 16.7 Å². The SMILES string of the molecule is Cc1ccc(C)c(NC(=O)/C(C#N)=C2/S[C@@H](Cc3ccccc3)C(=O)N2c2ccccc2)c1. The Bertz CT molecular complexity index is 1260. The van der Waals surface area contributed by atoms with E-state index in [2.05, 4.69) is 11.4 Å². The second kappa shape index (κ2) is 9.76. The van der Waals surface area contributed by atoms with Gasteiger partial charge in [-0.2, -0.15) is 5.26 Å². The molecule has 0 bridgehead atoms. The number of aryl methyl sites for hydroxylation is 2. The molecular weight excluding hydrogens is 430 g/mol. The molecule has 4 rings (SSSR count). The van der Waals surface area contributed by atoms with Crippen molar-refractivity contribution in [2.75, 3.05) is 10.2 Å². The number of rotatable bonds is 5. The lowest BCUT2D eigenvalue weighted by Crippen LogP contribution is -2.30. The lowest BCUT2D eigenvalue weighted by Gasteiger charge is -2.19. The van der Waals surface area contributed by atoms with Crippen molar-refractivity contribution in [3.05, 3.63) is 106 Å². The summed E-state index contributed by atoms with van der Waals surface area (Å²) in [5.41, 5.74) is 4.13. The number of nitrogens with one attached hydrogen (secondary N) is 1. The molecule has 0 aliphatic carbocycles. The van der Waals surface area contributed by atoms with E-state index in [9.17, 15) is 14.9 Å². The van der Waals surface area contributed by atoms with E-state index in [0.717, 1.165) is 16.7 Å². The first-order chi connectivity index (χ1) is 16.0. The number of thioether (sulfide) groups is 1. The Morgan fingerprint density at radius 2 is 1.70 bits per heavy atom. The molecule has 5 nitrogen and oxygen atoms in total. The molecule has 1 saturated heterocycles. The molecule has 1 aliphatic rings. The minimum absolute atomic E-state index is 0.0753. The van der Waals surface area contributed by atoms with E-state index < -0.39 is 11.2 Å². The lowest BCUT2D eigenvalue weighted by atomic mass is 10.1. The molecule has 1 aliphatic heterocycles. The molecule has 6 heteroatoms. The number of nitrogens with zero attached hydrogens (tertiary/aromatic N) is 2. The Balaban J connectivity index is 1.73. The van der Waals surface area contributed by atoms with Gasteiger partial charge in [0, 0.05) is 11.4 Å². The van der Waals surface area contributed by atoms with Gasteiger partial charge in [-0.25, -0.2) is 0 Å². The maximum atomic E-state index is 13.5. The van der Waals surface area contributed by atoms with Gasteiger partial charge in [0.25, 0.3) is 5.91 Å². The van der Waals surface area contributed by atoms with Crippen molar-refractivity contribution in [2.24, 2.45) is 0 Å². The van der Waals surface area contributed by atoms with Crippen LogP contribution in [0.4, 0.5) is 11.4 Å². The summed E-state index contributed by atoms with van der Waals surface area (Å²) in [6, 6.07) is 26.7. The van der Waals surface area contributed by atoms with Crippen molar-refractivity contribution >= 4 is 35.0 Å². The highest BCUT2D eigenvalue weighted by atomic mass is 32.2. The largest absolute Gasteiger partial charge is 0.321 e. The molecule has 3 aromatic carbocycles. The minimum Gasteiger partial charge on any atom is -0.321 e. The van der Waals surface area contributed by atoms with Crippen LogP contribution >= 0.6 is 11.8 Å². The monoisotopic (exact) mass is 453 g/mol. The van der Waals surface area contributed by atoms with Gasteiger partial charge in [-0.3, -0.25) is 14.5 Å². The van der Waals surface area contributed by atoms with Crippen molar-refractivity contribution in [3.63, 3.8) is 0 Å². The summed E-state index contributed by atoms with van der Waals surface area (Å²) in [6.45, 7) is 3.84. The first-order valence-electron chi connectivity index (χ1n) is 10.6.